The fraction of sp³-hybridized carbons (Fsp3) is 0.647. The zero-order valence-corrected chi connectivity index (χ0v) is 13.3. The smallest absolute Gasteiger partial charge is 0.0322 e. The second kappa shape index (κ2) is 8.58. The summed E-state index contributed by atoms with van der Waals surface area (Å²) in [6, 6.07) is 11.8. The van der Waals surface area contributed by atoms with Crippen LogP contribution < -0.4 is 5.32 Å². The third-order valence-corrected chi connectivity index (χ3v) is 5.51. The van der Waals surface area contributed by atoms with Gasteiger partial charge in [0.05, 0.1) is 0 Å². The molecule has 0 amide bonds. The SMILES string of the molecule is CCCCCC(NC1CCS(=O)CC1)c1ccccc1. The number of hydrogen-bond acceptors (Lipinski definition) is 2. The van der Waals surface area contributed by atoms with Gasteiger partial charge in [-0.1, -0.05) is 56.5 Å². The van der Waals surface area contributed by atoms with Crippen LogP contribution in [0.2, 0.25) is 0 Å². The van der Waals surface area contributed by atoms with Crippen LogP contribution in [-0.4, -0.2) is 21.8 Å². The Hall–Kier alpha value is -0.670. The fourth-order valence-corrected chi connectivity index (χ4v) is 4.17. The van der Waals surface area contributed by atoms with Crippen molar-refractivity contribution in [1.82, 2.24) is 5.32 Å². The summed E-state index contributed by atoms with van der Waals surface area (Å²) in [4.78, 5) is 0. The monoisotopic (exact) mass is 293 g/mol. The summed E-state index contributed by atoms with van der Waals surface area (Å²) in [5.41, 5.74) is 1.40. The van der Waals surface area contributed by atoms with Crippen LogP contribution in [0.4, 0.5) is 0 Å². The van der Waals surface area contributed by atoms with E-state index in [0.717, 1.165) is 24.3 Å². The molecule has 1 aromatic carbocycles. The van der Waals surface area contributed by atoms with Gasteiger partial charge in [0, 0.05) is 34.4 Å². The first kappa shape index (κ1) is 15.7. The van der Waals surface area contributed by atoms with Gasteiger partial charge in [0.2, 0.25) is 0 Å². The Morgan fingerprint density at radius 3 is 2.55 bits per heavy atom. The zero-order chi connectivity index (χ0) is 14.2. The van der Waals surface area contributed by atoms with E-state index < -0.39 is 10.8 Å². The zero-order valence-electron chi connectivity index (χ0n) is 12.5. The van der Waals surface area contributed by atoms with E-state index in [9.17, 15) is 4.21 Å². The van der Waals surface area contributed by atoms with Crippen molar-refractivity contribution in [2.45, 2.75) is 57.5 Å². The van der Waals surface area contributed by atoms with E-state index in [-0.39, 0.29) is 0 Å². The van der Waals surface area contributed by atoms with Crippen molar-refractivity contribution in [3.8, 4) is 0 Å². The van der Waals surface area contributed by atoms with E-state index >= 15 is 0 Å². The van der Waals surface area contributed by atoms with Gasteiger partial charge in [0.15, 0.2) is 0 Å². The van der Waals surface area contributed by atoms with E-state index in [2.05, 4.69) is 42.6 Å². The molecule has 0 radical (unpaired) electrons. The first-order chi connectivity index (χ1) is 9.79. The highest BCUT2D eigenvalue weighted by atomic mass is 32.2. The highest BCUT2D eigenvalue weighted by Crippen LogP contribution is 2.22. The molecular weight excluding hydrogens is 266 g/mol. The van der Waals surface area contributed by atoms with E-state index in [1.165, 1.54) is 31.2 Å². The highest BCUT2D eigenvalue weighted by molar-refractivity contribution is 7.85. The average molecular weight is 293 g/mol. The highest BCUT2D eigenvalue weighted by Gasteiger charge is 2.21. The molecule has 1 heterocycles. The molecule has 0 bridgehead atoms. The normalized spacial score (nSPS) is 24.4. The Kier molecular flexibility index (Phi) is 6.74. The summed E-state index contributed by atoms with van der Waals surface area (Å²) < 4.78 is 11.5. The Morgan fingerprint density at radius 2 is 1.90 bits per heavy atom. The lowest BCUT2D eigenvalue weighted by Crippen LogP contribution is -2.38. The number of benzene rings is 1. The second-order valence-electron chi connectivity index (χ2n) is 5.75. The van der Waals surface area contributed by atoms with Crippen molar-refractivity contribution in [2.75, 3.05) is 11.5 Å². The van der Waals surface area contributed by atoms with Gasteiger partial charge in [-0.25, -0.2) is 0 Å². The van der Waals surface area contributed by atoms with Gasteiger partial charge in [-0.05, 0) is 24.8 Å². The van der Waals surface area contributed by atoms with Gasteiger partial charge in [-0.2, -0.15) is 0 Å². The van der Waals surface area contributed by atoms with E-state index in [4.69, 9.17) is 0 Å². The summed E-state index contributed by atoms with van der Waals surface area (Å²) in [6.07, 6.45) is 7.18. The Balaban J connectivity index is 1.93. The van der Waals surface area contributed by atoms with Crippen molar-refractivity contribution in [3.63, 3.8) is 0 Å². The molecule has 0 aliphatic carbocycles. The molecular formula is C17H27NOS. The lowest BCUT2D eigenvalue weighted by atomic mass is 9.98. The molecule has 1 saturated heterocycles. The molecule has 0 saturated carbocycles. The summed E-state index contributed by atoms with van der Waals surface area (Å²) in [6.45, 7) is 2.25. The van der Waals surface area contributed by atoms with Gasteiger partial charge in [0.25, 0.3) is 0 Å². The molecule has 1 atom stereocenters. The van der Waals surface area contributed by atoms with E-state index in [1.807, 2.05) is 0 Å². The van der Waals surface area contributed by atoms with Gasteiger partial charge in [0.1, 0.15) is 0 Å². The molecule has 1 aliphatic rings. The number of nitrogens with one attached hydrogen (secondary N) is 1. The number of hydrogen-bond donors (Lipinski definition) is 1. The summed E-state index contributed by atoms with van der Waals surface area (Å²) in [7, 11) is -0.567. The maximum absolute atomic E-state index is 11.5. The van der Waals surface area contributed by atoms with Crippen LogP contribution in [0.5, 0.6) is 0 Å². The molecule has 1 fully saturated rings. The summed E-state index contributed by atoms with van der Waals surface area (Å²) in [5, 5.41) is 3.82. The number of rotatable bonds is 7. The molecule has 0 spiro atoms. The lowest BCUT2D eigenvalue weighted by Gasteiger charge is -2.28. The first-order valence-corrected chi connectivity index (χ1v) is 9.44. The van der Waals surface area contributed by atoms with Gasteiger partial charge in [-0.3, -0.25) is 4.21 Å². The standard InChI is InChI=1S/C17H27NOS/c1-2-3-5-10-17(15-8-6-4-7-9-15)18-16-11-13-20(19)14-12-16/h4,6-9,16-18H,2-3,5,10-14H2,1H3. The first-order valence-electron chi connectivity index (χ1n) is 7.95. The molecule has 0 aromatic heterocycles. The minimum Gasteiger partial charge on any atom is -0.307 e. The third-order valence-electron chi connectivity index (χ3n) is 4.12. The maximum Gasteiger partial charge on any atom is 0.0322 e. The number of unbranched alkanes of at least 4 members (excludes halogenated alkanes) is 2. The van der Waals surface area contributed by atoms with Crippen LogP contribution in [0.1, 0.15) is 57.1 Å². The largest absolute Gasteiger partial charge is 0.307 e. The van der Waals surface area contributed by atoms with Crippen LogP contribution in [0, 0.1) is 0 Å². The van der Waals surface area contributed by atoms with Crippen molar-refractivity contribution >= 4 is 10.8 Å². The summed E-state index contributed by atoms with van der Waals surface area (Å²) in [5.74, 6) is 1.74. The summed E-state index contributed by atoms with van der Waals surface area (Å²) >= 11 is 0. The predicted molar refractivity (Wildman–Crippen MR) is 87.4 cm³/mol. The third kappa shape index (κ3) is 5.02. The molecule has 1 unspecified atom stereocenters. The van der Waals surface area contributed by atoms with Crippen molar-refractivity contribution < 1.29 is 4.21 Å². The Morgan fingerprint density at radius 1 is 1.20 bits per heavy atom. The lowest BCUT2D eigenvalue weighted by molar-refractivity contribution is 0.385. The van der Waals surface area contributed by atoms with E-state index in [0.29, 0.717) is 12.1 Å². The van der Waals surface area contributed by atoms with Gasteiger partial charge < -0.3 is 5.32 Å². The maximum atomic E-state index is 11.5. The Labute approximate surface area is 125 Å². The molecule has 1 aromatic rings. The second-order valence-corrected chi connectivity index (χ2v) is 7.44. The molecule has 20 heavy (non-hydrogen) atoms. The topological polar surface area (TPSA) is 29.1 Å². The average Bonchev–Trinajstić information content (AvgIpc) is 2.49. The van der Waals surface area contributed by atoms with Crippen molar-refractivity contribution in [2.24, 2.45) is 0 Å². The fourth-order valence-electron chi connectivity index (χ4n) is 2.88. The minimum atomic E-state index is -0.567. The van der Waals surface area contributed by atoms with Gasteiger partial charge >= 0.3 is 0 Å². The van der Waals surface area contributed by atoms with Gasteiger partial charge in [-0.15, -0.1) is 0 Å². The molecule has 1 aliphatic heterocycles. The molecule has 2 rings (SSSR count). The molecule has 3 heteroatoms. The van der Waals surface area contributed by atoms with Crippen LogP contribution in [0.25, 0.3) is 0 Å². The van der Waals surface area contributed by atoms with E-state index in [1.54, 1.807) is 0 Å². The minimum absolute atomic E-state index is 0.458. The van der Waals surface area contributed by atoms with Crippen molar-refractivity contribution in [1.29, 1.82) is 0 Å². The Bertz CT molecular complexity index is 397. The molecule has 112 valence electrons. The quantitative estimate of drug-likeness (QED) is 0.775. The van der Waals surface area contributed by atoms with Crippen LogP contribution in [0.15, 0.2) is 30.3 Å². The van der Waals surface area contributed by atoms with Crippen LogP contribution in [-0.2, 0) is 10.8 Å². The van der Waals surface area contributed by atoms with Crippen LogP contribution in [0.3, 0.4) is 0 Å². The molecule has 1 N–H and O–H groups in total. The van der Waals surface area contributed by atoms with Crippen LogP contribution >= 0.6 is 0 Å². The van der Waals surface area contributed by atoms with Crippen molar-refractivity contribution in [3.05, 3.63) is 35.9 Å². The predicted octanol–water partition coefficient (Wildman–Crippen LogP) is 3.81. The molecule has 2 nitrogen and oxygen atoms in total.